The number of carboxylic acids is 1. The molecule has 4 nitrogen and oxygen atoms in total. The standard InChI is InChI=1S/C11H17NO3/c1-11(10(14)15)6-2-4-8(11)12-7-3-5-9(12)13/h8H,2-7H2,1H3,(H,14,15). The van der Waals surface area contributed by atoms with Gasteiger partial charge >= 0.3 is 5.97 Å². The Morgan fingerprint density at radius 1 is 1.53 bits per heavy atom. The van der Waals surface area contributed by atoms with E-state index in [1.54, 1.807) is 11.8 Å². The van der Waals surface area contributed by atoms with Gasteiger partial charge in [0.05, 0.1) is 5.41 Å². The third-order valence-corrected chi connectivity index (χ3v) is 3.88. The van der Waals surface area contributed by atoms with E-state index in [0.29, 0.717) is 12.8 Å². The van der Waals surface area contributed by atoms with Crippen molar-refractivity contribution in [2.45, 2.75) is 45.1 Å². The third-order valence-electron chi connectivity index (χ3n) is 3.88. The van der Waals surface area contributed by atoms with Crippen molar-refractivity contribution in [1.82, 2.24) is 4.90 Å². The van der Waals surface area contributed by atoms with Gasteiger partial charge in [-0.15, -0.1) is 0 Å². The van der Waals surface area contributed by atoms with E-state index in [4.69, 9.17) is 0 Å². The van der Waals surface area contributed by atoms with E-state index in [2.05, 4.69) is 0 Å². The molecule has 1 saturated carbocycles. The van der Waals surface area contributed by atoms with Gasteiger partial charge in [0, 0.05) is 19.0 Å². The summed E-state index contributed by atoms with van der Waals surface area (Å²) in [5, 5.41) is 9.25. The molecule has 4 heteroatoms. The number of hydrogen-bond donors (Lipinski definition) is 1. The van der Waals surface area contributed by atoms with Crippen LogP contribution < -0.4 is 0 Å². The van der Waals surface area contributed by atoms with Crippen molar-refractivity contribution in [1.29, 1.82) is 0 Å². The third kappa shape index (κ3) is 1.52. The smallest absolute Gasteiger partial charge is 0.311 e. The first kappa shape index (κ1) is 10.5. The van der Waals surface area contributed by atoms with Gasteiger partial charge in [-0.1, -0.05) is 6.42 Å². The largest absolute Gasteiger partial charge is 0.481 e. The van der Waals surface area contributed by atoms with Crippen LogP contribution in [0.5, 0.6) is 0 Å². The van der Waals surface area contributed by atoms with Gasteiger partial charge in [0.15, 0.2) is 0 Å². The van der Waals surface area contributed by atoms with E-state index in [9.17, 15) is 14.7 Å². The second-order valence-electron chi connectivity index (χ2n) is 4.82. The lowest BCUT2D eigenvalue weighted by Gasteiger charge is -2.34. The van der Waals surface area contributed by atoms with Crippen molar-refractivity contribution in [3.05, 3.63) is 0 Å². The number of carbonyl (C=O) groups excluding carboxylic acids is 1. The van der Waals surface area contributed by atoms with Crippen LogP contribution >= 0.6 is 0 Å². The summed E-state index contributed by atoms with van der Waals surface area (Å²) in [5.74, 6) is -0.626. The molecule has 0 radical (unpaired) electrons. The van der Waals surface area contributed by atoms with Crippen LogP contribution in [0.15, 0.2) is 0 Å². The maximum absolute atomic E-state index is 11.6. The van der Waals surface area contributed by atoms with Crippen molar-refractivity contribution in [3.63, 3.8) is 0 Å². The normalized spacial score (nSPS) is 36.2. The molecule has 0 aromatic carbocycles. The minimum absolute atomic E-state index is 0.0787. The Labute approximate surface area is 89.3 Å². The van der Waals surface area contributed by atoms with Gasteiger partial charge in [-0.25, -0.2) is 0 Å². The zero-order valence-corrected chi connectivity index (χ0v) is 9.03. The Hall–Kier alpha value is -1.06. The van der Waals surface area contributed by atoms with Gasteiger partial charge in [-0.3, -0.25) is 9.59 Å². The molecule has 1 N–H and O–H groups in total. The van der Waals surface area contributed by atoms with Crippen molar-refractivity contribution in [3.8, 4) is 0 Å². The summed E-state index contributed by atoms with van der Waals surface area (Å²) in [4.78, 5) is 24.7. The van der Waals surface area contributed by atoms with Crippen molar-refractivity contribution >= 4 is 11.9 Å². The predicted octanol–water partition coefficient (Wildman–Crippen LogP) is 1.25. The average molecular weight is 211 g/mol. The molecule has 1 amide bonds. The molecule has 0 aromatic rings. The summed E-state index contributed by atoms with van der Waals surface area (Å²) in [6.07, 6.45) is 3.92. The zero-order chi connectivity index (χ0) is 11.1. The molecule has 0 bridgehead atoms. The summed E-state index contributed by atoms with van der Waals surface area (Å²) in [5.41, 5.74) is -0.722. The molecular formula is C11H17NO3. The first-order valence-electron chi connectivity index (χ1n) is 5.58. The van der Waals surface area contributed by atoms with Crippen LogP contribution in [0.3, 0.4) is 0 Å². The topological polar surface area (TPSA) is 57.6 Å². The second kappa shape index (κ2) is 3.51. The van der Waals surface area contributed by atoms with Gasteiger partial charge in [-0.05, 0) is 26.2 Å². The molecule has 2 rings (SSSR count). The summed E-state index contributed by atoms with van der Waals surface area (Å²) < 4.78 is 0. The number of aliphatic carboxylic acids is 1. The van der Waals surface area contributed by atoms with E-state index in [1.165, 1.54) is 0 Å². The number of carbonyl (C=O) groups is 2. The van der Waals surface area contributed by atoms with Gasteiger partial charge < -0.3 is 10.0 Å². The number of hydrogen-bond acceptors (Lipinski definition) is 2. The molecule has 2 unspecified atom stereocenters. The summed E-state index contributed by atoms with van der Waals surface area (Å²) in [7, 11) is 0. The van der Waals surface area contributed by atoms with Crippen molar-refractivity contribution in [2.24, 2.45) is 5.41 Å². The number of carboxylic acid groups (broad SMARTS) is 1. The summed E-state index contributed by atoms with van der Waals surface area (Å²) in [6, 6.07) is -0.0787. The van der Waals surface area contributed by atoms with Crippen LogP contribution in [-0.2, 0) is 9.59 Å². The lowest BCUT2D eigenvalue weighted by molar-refractivity contribution is -0.152. The highest BCUT2D eigenvalue weighted by Crippen LogP contribution is 2.42. The molecule has 0 spiro atoms. The minimum Gasteiger partial charge on any atom is -0.481 e. The quantitative estimate of drug-likeness (QED) is 0.748. The average Bonchev–Trinajstić information content (AvgIpc) is 2.72. The van der Waals surface area contributed by atoms with E-state index >= 15 is 0 Å². The predicted molar refractivity (Wildman–Crippen MR) is 54.3 cm³/mol. The number of likely N-dealkylation sites (tertiary alicyclic amines) is 1. The number of nitrogens with zero attached hydrogens (tertiary/aromatic N) is 1. The monoisotopic (exact) mass is 211 g/mol. The van der Waals surface area contributed by atoms with Crippen LogP contribution in [0.25, 0.3) is 0 Å². The van der Waals surface area contributed by atoms with Crippen LogP contribution in [-0.4, -0.2) is 34.5 Å². The summed E-state index contributed by atoms with van der Waals surface area (Å²) in [6.45, 7) is 2.52. The van der Waals surface area contributed by atoms with Crippen molar-refractivity contribution in [2.75, 3.05) is 6.54 Å². The first-order valence-corrected chi connectivity index (χ1v) is 5.58. The van der Waals surface area contributed by atoms with Gasteiger partial charge in [0.25, 0.3) is 0 Å². The number of rotatable bonds is 2. The maximum atomic E-state index is 11.6. The van der Waals surface area contributed by atoms with Gasteiger partial charge in [0.2, 0.25) is 5.91 Å². The van der Waals surface area contributed by atoms with Crippen LogP contribution in [0, 0.1) is 5.41 Å². The zero-order valence-electron chi connectivity index (χ0n) is 9.03. The van der Waals surface area contributed by atoms with E-state index in [1.807, 2.05) is 0 Å². The Balaban J connectivity index is 2.21. The Bertz CT molecular complexity index is 302. The lowest BCUT2D eigenvalue weighted by Crippen LogP contribution is -2.47. The van der Waals surface area contributed by atoms with Crippen LogP contribution in [0.4, 0.5) is 0 Å². The molecular weight excluding hydrogens is 194 g/mol. The first-order chi connectivity index (χ1) is 7.05. The molecule has 2 aliphatic rings. The number of amides is 1. The fourth-order valence-corrected chi connectivity index (χ4v) is 2.90. The van der Waals surface area contributed by atoms with Gasteiger partial charge in [0.1, 0.15) is 0 Å². The maximum Gasteiger partial charge on any atom is 0.311 e. The van der Waals surface area contributed by atoms with Crippen molar-refractivity contribution < 1.29 is 14.7 Å². The molecule has 15 heavy (non-hydrogen) atoms. The molecule has 84 valence electrons. The van der Waals surface area contributed by atoms with Crippen LogP contribution in [0.2, 0.25) is 0 Å². The summed E-state index contributed by atoms with van der Waals surface area (Å²) >= 11 is 0. The highest BCUT2D eigenvalue weighted by molar-refractivity contribution is 5.81. The fourth-order valence-electron chi connectivity index (χ4n) is 2.90. The molecule has 1 aliphatic carbocycles. The SMILES string of the molecule is CC1(C(=O)O)CCCC1N1CCCC1=O. The Kier molecular flexibility index (Phi) is 2.44. The minimum atomic E-state index is -0.760. The molecule has 2 fully saturated rings. The Morgan fingerprint density at radius 3 is 2.80 bits per heavy atom. The molecule has 1 saturated heterocycles. The molecule has 1 heterocycles. The van der Waals surface area contributed by atoms with E-state index in [0.717, 1.165) is 25.8 Å². The highest BCUT2D eigenvalue weighted by Gasteiger charge is 2.49. The van der Waals surface area contributed by atoms with Gasteiger partial charge in [-0.2, -0.15) is 0 Å². The van der Waals surface area contributed by atoms with E-state index in [-0.39, 0.29) is 11.9 Å². The molecule has 0 aromatic heterocycles. The Morgan fingerprint density at radius 2 is 2.27 bits per heavy atom. The van der Waals surface area contributed by atoms with Crippen LogP contribution in [0.1, 0.15) is 39.0 Å². The van der Waals surface area contributed by atoms with E-state index < -0.39 is 11.4 Å². The molecule has 1 aliphatic heterocycles. The lowest BCUT2D eigenvalue weighted by atomic mass is 9.84. The fraction of sp³-hybridized carbons (Fsp3) is 0.818. The second-order valence-corrected chi connectivity index (χ2v) is 4.82. The highest BCUT2D eigenvalue weighted by atomic mass is 16.4. The molecule has 2 atom stereocenters.